The maximum Gasteiger partial charge on any atom is 0.251 e. The monoisotopic (exact) mass is 342 g/mol. The van der Waals surface area contributed by atoms with Crippen LogP contribution in [0.5, 0.6) is 0 Å². The third-order valence-corrected chi connectivity index (χ3v) is 5.06. The van der Waals surface area contributed by atoms with E-state index in [1.165, 1.54) is 12.2 Å². The first-order valence-corrected chi connectivity index (χ1v) is 10.0. The molecule has 1 atom stereocenters. The fourth-order valence-corrected chi connectivity index (χ4v) is 3.51. The average molecular weight is 343 g/mol. The molecule has 6 nitrogen and oxygen atoms in total. The second-order valence-electron chi connectivity index (χ2n) is 5.99. The van der Waals surface area contributed by atoms with Gasteiger partial charge in [-0.1, -0.05) is 0 Å². The zero-order valence-electron chi connectivity index (χ0n) is 14.4. The molecule has 2 aliphatic rings. The van der Waals surface area contributed by atoms with Crippen molar-refractivity contribution in [1.82, 2.24) is 15.1 Å². The van der Waals surface area contributed by atoms with Gasteiger partial charge in [-0.2, -0.15) is 11.8 Å². The van der Waals surface area contributed by atoms with Crippen LogP contribution < -0.4 is 5.32 Å². The minimum Gasteiger partial charge on any atom is -0.368 e. The zero-order valence-corrected chi connectivity index (χ0v) is 15.2. The Hall–Kier alpha value is -0.950. The first-order chi connectivity index (χ1) is 11.3. The van der Waals surface area contributed by atoms with E-state index < -0.39 is 0 Å². The highest BCUT2D eigenvalue weighted by molar-refractivity contribution is 7.98. The number of carbonyl (C=O) groups is 1. The third kappa shape index (κ3) is 5.57. The highest BCUT2D eigenvalue weighted by Crippen LogP contribution is 2.16. The first kappa shape index (κ1) is 18.4. The topological polar surface area (TPSA) is 57.2 Å². The summed E-state index contributed by atoms with van der Waals surface area (Å²) in [6, 6.07) is 0. The van der Waals surface area contributed by atoms with Crippen LogP contribution >= 0.6 is 11.8 Å². The summed E-state index contributed by atoms with van der Waals surface area (Å²) in [5.74, 6) is 2.34. The number of unbranched alkanes of at least 4 members (excludes halogenated alkanes) is 1. The second-order valence-corrected chi connectivity index (χ2v) is 6.97. The smallest absolute Gasteiger partial charge is 0.251 e. The molecule has 2 fully saturated rings. The molecule has 1 unspecified atom stereocenters. The third-order valence-electron chi connectivity index (χ3n) is 4.37. The number of hydrogen-bond acceptors (Lipinski definition) is 4. The van der Waals surface area contributed by atoms with E-state index in [0.717, 1.165) is 64.6 Å². The summed E-state index contributed by atoms with van der Waals surface area (Å²) < 4.78 is 5.51. The average Bonchev–Trinajstić information content (AvgIpc) is 3.12. The molecule has 23 heavy (non-hydrogen) atoms. The molecule has 2 heterocycles. The van der Waals surface area contributed by atoms with Gasteiger partial charge in [-0.05, 0) is 37.7 Å². The van der Waals surface area contributed by atoms with Gasteiger partial charge in [-0.3, -0.25) is 9.79 Å². The number of amides is 1. The van der Waals surface area contributed by atoms with E-state index >= 15 is 0 Å². The van der Waals surface area contributed by atoms with Gasteiger partial charge in [-0.15, -0.1) is 0 Å². The summed E-state index contributed by atoms with van der Waals surface area (Å²) in [4.78, 5) is 20.9. The van der Waals surface area contributed by atoms with Gasteiger partial charge in [-0.25, -0.2) is 0 Å². The number of piperazine rings is 1. The molecule has 0 radical (unpaired) electrons. The zero-order chi connectivity index (χ0) is 16.5. The van der Waals surface area contributed by atoms with Crippen LogP contribution in [-0.4, -0.2) is 86.2 Å². The van der Waals surface area contributed by atoms with Crippen molar-refractivity contribution in [2.24, 2.45) is 4.99 Å². The Balaban J connectivity index is 1.70. The van der Waals surface area contributed by atoms with Gasteiger partial charge in [0.25, 0.3) is 5.91 Å². The number of thioether (sulfide) groups is 1. The predicted octanol–water partition coefficient (Wildman–Crippen LogP) is 1.03. The largest absolute Gasteiger partial charge is 0.368 e. The molecule has 2 rings (SSSR count). The standard InChI is InChI=1S/C16H30N4O2S/c1-17-16(18-7-3-4-13-23-2)20-10-8-19(9-11-20)15(21)14-6-5-12-22-14/h14H,3-13H2,1-2H3,(H,17,18). The molecule has 0 spiro atoms. The minimum absolute atomic E-state index is 0.169. The van der Waals surface area contributed by atoms with Crippen LogP contribution in [0.3, 0.4) is 0 Å². The highest BCUT2D eigenvalue weighted by Gasteiger charge is 2.30. The van der Waals surface area contributed by atoms with Crippen molar-refractivity contribution in [3.8, 4) is 0 Å². The molecule has 0 bridgehead atoms. The van der Waals surface area contributed by atoms with Crippen LogP contribution in [-0.2, 0) is 9.53 Å². The van der Waals surface area contributed by atoms with Crippen molar-refractivity contribution in [2.75, 3.05) is 58.4 Å². The summed E-state index contributed by atoms with van der Waals surface area (Å²) >= 11 is 1.89. The highest BCUT2D eigenvalue weighted by atomic mass is 32.2. The number of hydrogen-bond donors (Lipinski definition) is 1. The van der Waals surface area contributed by atoms with Gasteiger partial charge >= 0.3 is 0 Å². The normalized spacial score (nSPS) is 22.5. The van der Waals surface area contributed by atoms with Gasteiger partial charge < -0.3 is 19.9 Å². The quantitative estimate of drug-likeness (QED) is 0.444. The maximum atomic E-state index is 12.4. The molecule has 0 aromatic carbocycles. The number of guanidine groups is 1. The predicted molar refractivity (Wildman–Crippen MR) is 96.1 cm³/mol. The molecule has 1 N–H and O–H groups in total. The number of aliphatic imine (C=N–C) groups is 1. The Morgan fingerprint density at radius 3 is 2.61 bits per heavy atom. The van der Waals surface area contributed by atoms with Crippen LogP contribution in [0.25, 0.3) is 0 Å². The second kappa shape index (κ2) is 10.0. The minimum atomic E-state index is -0.199. The SMILES string of the molecule is CN=C(NCCCCSC)N1CCN(C(=O)C2CCCO2)CC1. The molecule has 0 aliphatic carbocycles. The fraction of sp³-hybridized carbons (Fsp3) is 0.875. The molecule has 1 amide bonds. The summed E-state index contributed by atoms with van der Waals surface area (Å²) in [7, 11) is 1.83. The lowest BCUT2D eigenvalue weighted by Gasteiger charge is -2.37. The van der Waals surface area contributed by atoms with Crippen molar-refractivity contribution in [3.63, 3.8) is 0 Å². The van der Waals surface area contributed by atoms with E-state index in [-0.39, 0.29) is 12.0 Å². The van der Waals surface area contributed by atoms with Crippen molar-refractivity contribution in [3.05, 3.63) is 0 Å². The van der Waals surface area contributed by atoms with E-state index in [1.807, 2.05) is 23.7 Å². The van der Waals surface area contributed by atoms with Crippen LogP contribution in [0.1, 0.15) is 25.7 Å². The Kier molecular flexibility index (Phi) is 8.02. The first-order valence-electron chi connectivity index (χ1n) is 8.61. The Bertz CT molecular complexity index is 392. The molecule has 0 aromatic heterocycles. The van der Waals surface area contributed by atoms with E-state index in [1.54, 1.807) is 0 Å². The van der Waals surface area contributed by atoms with Crippen molar-refractivity contribution < 1.29 is 9.53 Å². The van der Waals surface area contributed by atoms with Gasteiger partial charge in [0, 0.05) is 46.4 Å². The molecule has 7 heteroatoms. The van der Waals surface area contributed by atoms with Crippen LogP contribution in [0.2, 0.25) is 0 Å². The summed E-state index contributed by atoms with van der Waals surface area (Å²) in [6.45, 7) is 4.87. The van der Waals surface area contributed by atoms with Crippen molar-refractivity contribution in [1.29, 1.82) is 0 Å². The number of nitrogens with one attached hydrogen (secondary N) is 1. The lowest BCUT2D eigenvalue weighted by atomic mass is 10.2. The lowest BCUT2D eigenvalue weighted by molar-refractivity contribution is -0.142. The summed E-state index contributed by atoms with van der Waals surface area (Å²) in [5.41, 5.74) is 0. The molecule has 2 saturated heterocycles. The lowest BCUT2D eigenvalue weighted by Crippen LogP contribution is -2.55. The Labute approximate surface area is 144 Å². The van der Waals surface area contributed by atoms with E-state index in [4.69, 9.17) is 4.74 Å². The molecular weight excluding hydrogens is 312 g/mol. The molecule has 2 aliphatic heterocycles. The maximum absolute atomic E-state index is 12.4. The number of rotatable bonds is 6. The summed E-state index contributed by atoms with van der Waals surface area (Å²) in [5, 5.41) is 3.44. The van der Waals surface area contributed by atoms with Crippen LogP contribution in [0, 0.1) is 0 Å². The van der Waals surface area contributed by atoms with Crippen LogP contribution in [0.15, 0.2) is 4.99 Å². The van der Waals surface area contributed by atoms with Crippen molar-refractivity contribution in [2.45, 2.75) is 31.8 Å². The molecular formula is C16H30N4O2S. The number of carbonyl (C=O) groups excluding carboxylic acids is 1. The number of ether oxygens (including phenoxy) is 1. The molecule has 132 valence electrons. The van der Waals surface area contributed by atoms with E-state index in [9.17, 15) is 4.79 Å². The molecule has 0 saturated carbocycles. The fourth-order valence-electron chi connectivity index (χ4n) is 3.02. The van der Waals surface area contributed by atoms with Crippen LogP contribution in [0.4, 0.5) is 0 Å². The van der Waals surface area contributed by atoms with Gasteiger partial charge in [0.15, 0.2) is 5.96 Å². The van der Waals surface area contributed by atoms with Gasteiger partial charge in [0.05, 0.1) is 0 Å². The Morgan fingerprint density at radius 1 is 1.26 bits per heavy atom. The van der Waals surface area contributed by atoms with E-state index in [2.05, 4.69) is 21.5 Å². The van der Waals surface area contributed by atoms with Crippen molar-refractivity contribution >= 4 is 23.6 Å². The van der Waals surface area contributed by atoms with E-state index in [0.29, 0.717) is 0 Å². The number of nitrogens with zero attached hydrogens (tertiary/aromatic N) is 3. The summed E-state index contributed by atoms with van der Waals surface area (Å²) in [6.07, 6.45) is 6.22. The van der Waals surface area contributed by atoms with Gasteiger partial charge in [0.1, 0.15) is 6.10 Å². The molecule has 0 aromatic rings. The van der Waals surface area contributed by atoms with Gasteiger partial charge in [0.2, 0.25) is 0 Å². The Morgan fingerprint density at radius 2 is 2.00 bits per heavy atom.